The van der Waals surface area contributed by atoms with Crippen LogP contribution in [0, 0.1) is 0 Å². The van der Waals surface area contributed by atoms with Gasteiger partial charge < -0.3 is 16.2 Å². The standard InChI is InChI=1S/C10H14N6O2S/c1-16-5-13-7(15-16)2-3-12-10-14-6(4-19-10)8(11)9(17)18/h4-5,8H,2-3,11H2,1H3,(H,12,14)(H,17,18). The molecule has 0 amide bonds. The molecule has 8 nitrogen and oxygen atoms in total. The van der Waals surface area contributed by atoms with Gasteiger partial charge >= 0.3 is 5.97 Å². The fraction of sp³-hybridized carbons (Fsp3) is 0.400. The number of hydrogen-bond acceptors (Lipinski definition) is 7. The molecule has 2 heterocycles. The van der Waals surface area contributed by atoms with E-state index in [-0.39, 0.29) is 0 Å². The molecule has 0 aliphatic carbocycles. The first-order valence-electron chi connectivity index (χ1n) is 5.58. The van der Waals surface area contributed by atoms with Crippen molar-refractivity contribution in [2.45, 2.75) is 12.5 Å². The van der Waals surface area contributed by atoms with Crippen molar-refractivity contribution in [3.8, 4) is 0 Å². The summed E-state index contributed by atoms with van der Waals surface area (Å²) < 4.78 is 1.64. The largest absolute Gasteiger partial charge is 0.480 e. The number of carboxylic acid groups (broad SMARTS) is 1. The molecular formula is C10H14N6O2S. The second kappa shape index (κ2) is 5.76. The van der Waals surface area contributed by atoms with Crippen LogP contribution in [0.1, 0.15) is 17.6 Å². The molecule has 0 saturated heterocycles. The average Bonchev–Trinajstić information content (AvgIpc) is 2.98. The number of carboxylic acids is 1. The predicted molar refractivity (Wildman–Crippen MR) is 69.9 cm³/mol. The van der Waals surface area contributed by atoms with Gasteiger partial charge in [0.05, 0.1) is 5.69 Å². The summed E-state index contributed by atoms with van der Waals surface area (Å²) in [5, 5.41) is 18.3. The number of aryl methyl sites for hydroxylation is 1. The fourth-order valence-corrected chi connectivity index (χ4v) is 2.19. The molecule has 0 fully saturated rings. The number of anilines is 1. The molecule has 0 bridgehead atoms. The molecule has 0 aliphatic rings. The maximum atomic E-state index is 10.7. The Hall–Kier alpha value is -2.00. The van der Waals surface area contributed by atoms with Crippen LogP contribution >= 0.6 is 11.3 Å². The van der Waals surface area contributed by atoms with E-state index in [1.807, 2.05) is 7.05 Å². The Morgan fingerprint density at radius 1 is 1.68 bits per heavy atom. The highest BCUT2D eigenvalue weighted by molar-refractivity contribution is 7.13. The lowest BCUT2D eigenvalue weighted by Gasteiger charge is -2.01. The van der Waals surface area contributed by atoms with Crippen LogP contribution in [0.5, 0.6) is 0 Å². The van der Waals surface area contributed by atoms with Gasteiger partial charge in [-0.25, -0.2) is 9.97 Å². The second-order valence-electron chi connectivity index (χ2n) is 3.90. The van der Waals surface area contributed by atoms with Crippen LogP contribution in [0.4, 0.5) is 5.13 Å². The van der Waals surface area contributed by atoms with Crippen LogP contribution < -0.4 is 11.1 Å². The number of nitrogens with two attached hydrogens (primary N) is 1. The van der Waals surface area contributed by atoms with Crippen molar-refractivity contribution in [1.29, 1.82) is 0 Å². The van der Waals surface area contributed by atoms with Crippen LogP contribution in [-0.4, -0.2) is 37.4 Å². The predicted octanol–water partition coefficient (Wildman–Crippen LogP) is 0.0106. The van der Waals surface area contributed by atoms with Crippen LogP contribution in [-0.2, 0) is 18.3 Å². The van der Waals surface area contributed by atoms with E-state index in [9.17, 15) is 4.79 Å². The van der Waals surface area contributed by atoms with E-state index in [1.165, 1.54) is 11.3 Å². The SMILES string of the molecule is Cn1cnc(CCNc2nc(C(N)C(=O)O)cs2)n1. The summed E-state index contributed by atoms with van der Waals surface area (Å²) in [6.45, 7) is 0.624. The Morgan fingerprint density at radius 2 is 2.47 bits per heavy atom. The smallest absolute Gasteiger partial charge is 0.326 e. The molecule has 1 unspecified atom stereocenters. The van der Waals surface area contributed by atoms with Crippen LogP contribution in [0.25, 0.3) is 0 Å². The number of aromatic nitrogens is 4. The van der Waals surface area contributed by atoms with E-state index in [0.717, 1.165) is 5.82 Å². The molecule has 0 aliphatic heterocycles. The molecule has 1 atom stereocenters. The molecule has 0 saturated carbocycles. The Balaban J connectivity index is 1.85. The van der Waals surface area contributed by atoms with Gasteiger partial charge in [-0.05, 0) is 0 Å². The van der Waals surface area contributed by atoms with Crippen molar-refractivity contribution in [3.63, 3.8) is 0 Å². The number of nitrogens with one attached hydrogen (secondary N) is 1. The van der Waals surface area contributed by atoms with Crippen molar-refractivity contribution >= 4 is 22.4 Å². The molecule has 9 heteroatoms. The Bertz CT molecular complexity index is 566. The maximum absolute atomic E-state index is 10.7. The Labute approximate surface area is 113 Å². The minimum Gasteiger partial charge on any atom is -0.480 e. The molecule has 102 valence electrons. The van der Waals surface area contributed by atoms with Gasteiger partial charge in [0, 0.05) is 25.4 Å². The average molecular weight is 282 g/mol. The second-order valence-corrected chi connectivity index (χ2v) is 4.76. The van der Waals surface area contributed by atoms with Crippen LogP contribution in [0.15, 0.2) is 11.7 Å². The Kier molecular flexibility index (Phi) is 4.07. The van der Waals surface area contributed by atoms with E-state index in [4.69, 9.17) is 10.8 Å². The summed E-state index contributed by atoms with van der Waals surface area (Å²) in [4.78, 5) is 18.9. The fourth-order valence-electron chi connectivity index (χ4n) is 1.42. The highest BCUT2D eigenvalue weighted by Gasteiger charge is 2.17. The number of nitrogens with zero attached hydrogens (tertiary/aromatic N) is 4. The third-order valence-corrected chi connectivity index (χ3v) is 3.20. The molecular weight excluding hydrogens is 268 g/mol. The topological polar surface area (TPSA) is 119 Å². The van der Waals surface area contributed by atoms with Gasteiger partial charge in [0.2, 0.25) is 0 Å². The van der Waals surface area contributed by atoms with Gasteiger partial charge in [0.15, 0.2) is 11.0 Å². The van der Waals surface area contributed by atoms with Gasteiger partial charge in [-0.1, -0.05) is 0 Å². The third-order valence-electron chi connectivity index (χ3n) is 2.38. The lowest BCUT2D eigenvalue weighted by molar-refractivity contribution is -0.138. The van der Waals surface area contributed by atoms with E-state index in [0.29, 0.717) is 23.8 Å². The molecule has 2 rings (SSSR count). The van der Waals surface area contributed by atoms with Gasteiger partial charge in [-0.15, -0.1) is 11.3 Å². The Morgan fingerprint density at radius 3 is 3.11 bits per heavy atom. The first-order chi connectivity index (χ1) is 9.06. The summed E-state index contributed by atoms with van der Waals surface area (Å²) in [7, 11) is 1.81. The molecule has 4 N–H and O–H groups in total. The zero-order valence-electron chi connectivity index (χ0n) is 10.3. The lowest BCUT2D eigenvalue weighted by atomic mass is 10.2. The number of hydrogen-bond donors (Lipinski definition) is 3. The summed E-state index contributed by atoms with van der Waals surface area (Å²) in [5.74, 6) is -0.344. The van der Waals surface area contributed by atoms with E-state index in [1.54, 1.807) is 16.4 Å². The van der Waals surface area contributed by atoms with Crippen molar-refractivity contribution < 1.29 is 9.90 Å². The first-order valence-corrected chi connectivity index (χ1v) is 6.46. The normalized spacial score (nSPS) is 12.3. The van der Waals surface area contributed by atoms with Crippen molar-refractivity contribution in [2.75, 3.05) is 11.9 Å². The number of rotatable bonds is 6. The minimum atomic E-state index is -1.09. The van der Waals surface area contributed by atoms with Crippen LogP contribution in [0.3, 0.4) is 0 Å². The minimum absolute atomic E-state index is 0.357. The quantitative estimate of drug-likeness (QED) is 0.682. The monoisotopic (exact) mass is 282 g/mol. The molecule has 2 aromatic rings. The van der Waals surface area contributed by atoms with Crippen molar-refractivity contribution in [1.82, 2.24) is 19.7 Å². The van der Waals surface area contributed by atoms with Crippen molar-refractivity contribution in [2.24, 2.45) is 12.8 Å². The summed E-state index contributed by atoms with van der Waals surface area (Å²) in [6, 6.07) is -1.08. The first kappa shape index (κ1) is 13.4. The van der Waals surface area contributed by atoms with E-state index < -0.39 is 12.0 Å². The number of thiazole rings is 1. The maximum Gasteiger partial charge on any atom is 0.326 e. The third kappa shape index (κ3) is 3.48. The molecule has 0 aromatic carbocycles. The van der Waals surface area contributed by atoms with Crippen LogP contribution in [0.2, 0.25) is 0 Å². The number of aliphatic carboxylic acids is 1. The van der Waals surface area contributed by atoms with Gasteiger partial charge in [0.1, 0.15) is 12.4 Å². The molecule has 0 radical (unpaired) electrons. The highest BCUT2D eigenvalue weighted by Crippen LogP contribution is 2.19. The van der Waals surface area contributed by atoms with E-state index in [2.05, 4.69) is 20.4 Å². The summed E-state index contributed by atoms with van der Waals surface area (Å²) >= 11 is 1.32. The van der Waals surface area contributed by atoms with Gasteiger partial charge in [-0.3, -0.25) is 9.48 Å². The molecule has 0 spiro atoms. The highest BCUT2D eigenvalue weighted by atomic mass is 32.1. The van der Waals surface area contributed by atoms with Gasteiger partial charge in [-0.2, -0.15) is 5.10 Å². The summed E-state index contributed by atoms with van der Waals surface area (Å²) in [5.41, 5.74) is 5.83. The van der Waals surface area contributed by atoms with E-state index >= 15 is 0 Å². The lowest BCUT2D eigenvalue weighted by Crippen LogP contribution is -2.21. The summed E-state index contributed by atoms with van der Waals surface area (Å²) in [6.07, 6.45) is 2.31. The molecule has 2 aromatic heterocycles. The van der Waals surface area contributed by atoms with Gasteiger partial charge in [0.25, 0.3) is 0 Å². The zero-order chi connectivity index (χ0) is 13.8. The number of carbonyl (C=O) groups is 1. The van der Waals surface area contributed by atoms with Crippen molar-refractivity contribution in [3.05, 3.63) is 23.2 Å². The zero-order valence-corrected chi connectivity index (χ0v) is 11.1. The molecule has 19 heavy (non-hydrogen) atoms.